The van der Waals surface area contributed by atoms with Gasteiger partial charge in [-0.25, -0.2) is 0 Å². The number of rotatable bonds is 2. The molecule has 15 heavy (non-hydrogen) atoms. The fourth-order valence-corrected chi connectivity index (χ4v) is 3.70. The maximum atomic E-state index is 9.20. The van der Waals surface area contributed by atoms with Crippen molar-refractivity contribution in [3.63, 3.8) is 0 Å². The molecule has 1 N–H and O–H groups in total. The molecule has 84 valence electrons. The third-order valence-electron chi connectivity index (χ3n) is 4.50. The van der Waals surface area contributed by atoms with Crippen molar-refractivity contribution in [2.24, 2.45) is 28.3 Å². The average molecular weight is 207 g/mol. The number of hydrogen-bond donors (Lipinski definition) is 1. The summed E-state index contributed by atoms with van der Waals surface area (Å²) in [6.07, 6.45) is 8.02. The summed E-state index contributed by atoms with van der Waals surface area (Å²) in [6, 6.07) is 0. The van der Waals surface area contributed by atoms with E-state index >= 15 is 0 Å². The van der Waals surface area contributed by atoms with Crippen molar-refractivity contribution in [3.8, 4) is 0 Å². The summed E-state index contributed by atoms with van der Waals surface area (Å²) in [7, 11) is 0. The van der Waals surface area contributed by atoms with Crippen molar-refractivity contribution in [1.29, 1.82) is 0 Å². The van der Waals surface area contributed by atoms with E-state index in [0.29, 0.717) is 17.8 Å². The number of hydrogen-bond acceptors (Lipinski definition) is 2. The summed E-state index contributed by atoms with van der Waals surface area (Å²) in [4.78, 5) is 0. The Balaban J connectivity index is 2.37. The Bertz CT molecular complexity index is 306. The molecule has 2 nitrogen and oxygen atoms in total. The van der Waals surface area contributed by atoms with E-state index < -0.39 is 0 Å². The van der Waals surface area contributed by atoms with Gasteiger partial charge in [0.1, 0.15) is 0 Å². The zero-order valence-electron chi connectivity index (χ0n) is 9.90. The van der Waals surface area contributed by atoms with Crippen molar-refractivity contribution < 1.29 is 5.21 Å². The van der Waals surface area contributed by atoms with Crippen LogP contribution < -0.4 is 0 Å². The SMILES string of the molecule is CCC1C(=NO)C2(C(C)C)CCC=CC12. The van der Waals surface area contributed by atoms with E-state index in [1.165, 1.54) is 0 Å². The van der Waals surface area contributed by atoms with Crippen LogP contribution in [0.25, 0.3) is 0 Å². The van der Waals surface area contributed by atoms with Gasteiger partial charge in [0.25, 0.3) is 0 Å². The summed E-state index contributed by atoms with van der Waals surface area (Å²) in [5, 5.41) is 12.8. The first-order valence-electron chi connectivity index (χ1n) is 6.07. The normalized spacial score (nSPS) is 41.7. The first-order valence-corrected chi connectivity index (χ1v) is 6.07. The minimum atomic E-state index is 0.171. The lowest BCUT2D eigenvalue weighted by molar-refractivity contribution is 0.0814. The molecule has 2 aliphatic carbocycles. The summed E-state index contributed by atoms with van der Waals surface area (Å²) < 4.78 is 0. The molecule has 0 spiro atoms. The Labute approximate surface area is 92.1 Å². The molecule has 0 bridgehead atoms. The van der Waals surface area contributed by atoms with E-state index in [1.54, 1.807) is 0 Å². The molecule has 3 unspecified atom stereocenters. The Kier molecular flexibility index (Phi) is 2.61. The molecule has 1 saturated carbocycles. The van der Waals surface area contributed by atoms with E-state index in [0.717, 1.165) is 25.0 Å². The van der Waals surface area contributed by atoms with Crippen LogP contribution in [0.1, 0.15) is 40.0 Å². The van der Waals surface area contributed by atoms with Gasteiger partial charge < -0.3 is 5.21 Å². The topological polar surface area (TPSA) is 32.6 Å². The second-order valence-electron chi connectivity index (χ2n) is 5.19. The van der Waals surface area contributed by atoms with Crippen LogP contribution in [-0.4, -0.2) is 10.9 Å². The molecule has 2 rings (SSSR count). The summed E-state index contributed by atoms with van der Waals surface area (Å²) in [5.41, 5.74) is 1.24. The predicted octanol–water partition coefficient (Wildman–Crippen LogP) is 3.47. The molecule has 3 atom stereocenters. The van der Waals surface area contributed by atoms with Crippen LogP contribution in [0, 0.1) is 23.2 Å². The van der Waals surface area contributed by atoms with Gasteiger partial charge in [-0.3, -0.25) is 0 Å². The molecule has 0 radical (unpaired) electrons. The third kappa shape index (κ3) is 1.20. The summed E-state index contributed by atoms with van der Waals surface area (Å²) in [5.74, 6) is 1.66. The summed E-state index contributed by atoms with van der Waals surface area (Å²) in [6.45, 7) is 6.69. The molecule has 0 aromatic carbocycles. The Morgan fingerprint density at radius 3 is 2.87 bits per heavy atom. The maximum absolute atomic E-state index is 9.20. The van der Waals surface area contributed by atoms with E-state index in [2.05, 4.69) is 38.1 Å². The van der Waals surface area contributed by atoms with E-state index in [1.807, 2.05) is 0 Å². The average Bonchev–Trinajstić information content (AvgIpc) is 2.20. The first-order chi connectivity index (χ1) is 7.18. The second-order valence-corrected chi connectivity index (χ2v) is 5.19. The van der Waals surface area contributed by atoms with Crippen LogP contribution in [0.3, 0.4) is 0 Å². The van der Waals surface area contributed by atoms with Gasteiger partial charge in [0.05, 0.1) is 5.71 Å². The molecule has 0 aromatic rings. The zero-order chi connectivity index (χ0) is 11.1. The highest BCUT2D eigenvalue weighted by Crippen LogP contribution is 2.59. The molecule has 1 fully saturated rings. The minimum absolute atomic E-state index is 0.171. The van der Waals surface area contributed by atoms with Gasteiger partial charge in [-0.1, -0.05) is 38.1 Å². The number of nitrogens with zero attached hydrogens (tertiary/aromatic N) is 1. The van der Waals surface area contributed by atoms with Crippen LogP contribution in [0.2, 0.25) is 0 Å². The van der Waals surface area contributed by atoms with E-state index in [4.69, 9.17) is 0 Å². The molecular weight excluding hydrogens is 186 g/mol. The molecule has 0 heterocycles. The quantitative estimate of drug-likeness (QED) is 0.420. The highest BCUT2D eigenvalue weighted by atomic mass is 16.4. The van der Waals surface area contributed by atoms with Gasteiger partial charge >= 0.3 is 0 Å². The largest absolute Gasteiger partial charge is 0.411 e. The van der Waals surface area contributed by atoms with Crippen molar-refractivity contribution in [1.82, 2.24) is 0 Å². The smallest absolute Gasteiger partial charge is 0.0678 e. The molecular formula is C13H21NO. The molecule has 0 amide bonds. The number of allylic oxidation sites excluding steroid dienone is 2. The predicted molar refractivity (Wildman–Crippen MR) is 62.1 cm³/mol. The van der Waals surface area contributed by atoms with Gasteiger partial charge in [0.2, 0.25) is 0 Å². The molecule has 0 aliphatic heterocycles. The van der Waals surface area contributed by atoms with Gasteiger partial charge in [-0.2, -0.15) is 0 Å². The highest BCUT2D eigenvalue weighted by Gasteiger charge is 2.59. The number of oxime groups is 1. The molecule has 0 saturated heterocycles. The lowest BCUT2D eigenvalue weighted by Gasteiger charge is -2.58. The van der Waals surface area contributed by atoms with Crippen LogP contribution >= 0.6 is 0 Å². The lowest BCUT2D eigenvalue weighted by atomic mass is 9.44. The van der Waals surface area contributed by atoms with Crippen LogP contribution in [0.5, 0.6) is 0 Å². The van der Waals surface area contributed by atoms with Crippen LogP contribution in [0.15, 0.2) is 17.3 Å². The maximum Gasteiger partial charge on any atom is 0.0678 e. The number of fused-ring (bicyclic) bond motifs is 1. The minimum Gasteiger partial charge on any atom is -0.411 e. The molecule has 0 aromatic heterocycles. The Hall–Kier alpha value is -0.790. The van der Waals surface area contributed by atoms with Crippen LogP contribution in [-0.2, 0) is 0 Å². The highest BCUT2D eigenvalue weighted by molar-refractivity contribution is 5.99. The second kappa shape index (κ2) is 3.66. The fourth-order valence-electron chi connectivity index (χ4n) is 3.70. The third-order valence-corrected chi connectivity index (χ3v) is 4.50. The lowest BCUT2D eigenvalue weighted by Crippen LogP contribution is -2.60. The zero-order valence-corrected chi connectivity index (χ0v) is 9.90. The van der Waals surface area contributed by atoms with Crippen molar-refractivity contribution >= 4 is 5.71 Å². The summed E-state index contributed by atoms with van der Waals surface area (Å²) >= 11 is 0. The van der Waals surface area contributed by atoms with Crippen LogP contribution in [0.4, 0.5) is 0 Å². The Morgan fingerprint density at radius 2 is 2.33 bits per heavy atom. The molecule has 2 aliphatic rings. The first kappa shape index (κ1) is 10.7. The monoisotopic (exact) mass is 207 g/mol. The van der Waals surface area contributed by atoms with Gasteiger partial charge in [-0.05, 0) is 31.1 Å². The standard InChI is InChI=1S/C13H21NO/c1-4-10-11-7-5-6-8-13(11,9(2)3)12(10)14-15/h5,7,9-11,15H,4,6,8H2,1-3H3. The van der Waals surface area contributed by atoms with E-state index in [-0.39, 0.29) is 5.41 Å². The van der Waals surface area contributed by atoms with Gasteiger partial charge in [0.15, 0.2) is 0 Å². The van der Waals surface area contributed by atoms with Crippen molar-refractivity contribution in [2.45, 2.75) is 40.0 Å². The van der Waals surface area contributed by atoms with Gasteiger partial charge in [0, 0.05) is 11.3 Å². The van der Waals surface area contributed by atoms with Crippen molar-refractivity contribution in [3.05, 3.63) is 12.2 Å². The van der Waals surface area contributed by atoms with Gasteiger partial charge in [-0.15, -0.1) is 0 Å². The fraction of sp³-hybridized carbons (Fsp3) is 0.769. The Morgan fingerprint density at radius 1 is 1.60 bits per heavy atom. The molecule has 2 heteroatoms. The van der Waals surface area contributed by atoms with Crippen molar-refractivity contribution in [2.75, 3.05) is 0 Å². The van der Waals surface area contributed by atoms with E-state index in [9.17, 15) is 5.21 Å².